The SMILES string of the molecule is C=CCN1C(=O)N=C(N)C1CC(=O)OCC. The van der Waals surface area contributed by atoms with Gasteiger partial charge in [0.25, 0.3) is 0 Å². The fourth-order valence-electron chi connectivity index (χ4n) is 1.48. The van der Waals surface area contributed by atoms with Crippen LogP contribution < -0.4 is 5.73 Å². The maximum atomic E-state index is 11.4. The van der Waals surface area contributed by atoms with Crippen molar-refractivity contribution in [3.63, 3.8) is 0 Å². The number of ether oxygens (including phenoxy) is 1. The van der Waals surface area contributed by atoms with Crippen LogP contribution in [0.1, 0.15) is 13.3 Å². The molecule has 0 bridgehead atoms. The molecule has 0 aromatic carbocycles. The Morgan fingerprint density at radius 3 is 3.00 bits per heavy atom. The highest BCUT2D eigenvalue weighted by Gasteiger charge is 2.34. The average molecular weight is 225 g/mol. The lowest BCUT2D eigenvalue weighted by atomic mass is 10.2. The van der Waals surface area contributed by atoms with Crippen LogP contribution >= 0.6 is 0 Å². The molecular weight excluding hydrogens is 210 g/mol. The first kappa shape index (κ1) is 12.2. The van der Waals surface area contributed by atoms with Gasteiger partial charge in [-0.2, -0.15) is 4.99 Å². The molecule has 0 fully saturated rings. The van der Waals surface area contributed by atoms with Crippen LogP contribution in [0, 0.1) is 0 Å². The maximum Gasteiger partial charge on any atom is 0.346 e. The van der Waals surface area contributed by atoms with Crippen molar-refractivity contribution in [3.05, 3.63) is 12.7 Å². The summed E-state index contributed by atoms with van der Waals surface area (Å²) in [5.74, 6) is -0.241. The number of hydrogen-bond donors (Lipinski definition) is 1. The standard InChI is InChI=1S/C10H15N3O3/c1-3-5-13-7(6-8(14)16-4-2)9(11)12-10(13)15/h3,7H,1,4-6H2,2H3,(H2,11,12,15). The largest absolute Gasteiger partial charge is 0.466 e. The van der Waals surface area contributed by atoms with E-state index in [1.54, 1.807) is 13.0 Å². The van der Waals surface area contributed by atoms with E-state index in [1.807, 2.05) is 0 Å². The number of hydrogen-bond acceptors (Lipinski definition) is 4. The Hall–Kier alpha value is -1.85. The molecule has 6 nitrogen and oxygen atoms in total. The smallest absolute Gasteiger partial charge is 0.346 e. The molecule has 1 aliphatic heterocycles. The van der Waals surface area contributed by atoms with Crippen LogP contribution in [0.3, 0.4) is 0 Å². The van der Waals surface area contributed by atoms with E-state index in [4.69, 9.17) is 10.5 Å². The summed E-state index contributed by atoms with van der Waals surface area (Å²) in [6.45, 7) is 5.87. The number of amides is 2. The lowest BCUT2D eigenvalue weighted by Gasteiger charge is -2.21. The van der Waals surface area contributed by atoms with Gasteiger partial charge in [-0.05, 0) is 6.92 Å². The monoisotopic (exact) mass is 225 g/mol. The van der Waals surface area contributed by atoms with Crippen molar-refractivity contribution in [2.75, 3.05) is 13.2 Å². The van der Waals surface area contributed by atoms with E-state index >= 15 is 0 Å². The van der Waals surface area contributed by atoms with Crippen LogP contribution in [0.2, 0.25) is 0 Å². The van der Waals surface area contributed by atoms with E-state index in [0.717, 1.165) is 0 Å². The maximum absolute atomic E-state index is 11.4. The number of esters is 1. The molecule has 0 aromatic rings. The summed E-state index contributed by atoms with van der Waals surface area (Å²) in [4.78, 5) is 27.7. The van der Waals surface area contributed by atoms with Crippen LogP contribution in [-0.2, 0) is 9.53 Å². The number of rotatable bonds is 5. The highest BCUT2D eigenvalue weighted by atomic mass is 16.5. The lowest BCUT2D eigenvalue weighted by Crippen LogP contribution is -2.42. The molecule has 1 heterocycles. The van der Waals surface area contributed by atoms with Gasteiger partial charge >= 0.3 is 12.0 Å². The van der Waals surface area contributed by atoms with Gasteiger partial charge in [0.1, 0.15) is 11.9 Å². The second-order valence-corrected chi connectivity index (χ2v) is 3.29. The zero-order valence-electron chi connectivity index (χ0n) is 9.18. The molecule has 1 atom stereocenters. The summed E-state index contributed by atoms with van der Waals surface area (Å²) in [5, 5.41) is 0. The third-order valence-electron chi connectivity index (χ3n) is 2.18. The van der Waals surface area contributed by atoms with Gasteiger partial charge in [0.05, 0.1) is 13.0 Å². The molecule has 2 N–H and O–H groups in total. The fourth-order valence-corrected chi connectivity index (χ4v) is 1.48. The van der Waals surface area contributed by atoms with E-state index in [-0.39, 0.29) is 12.3 Å². The van der Waals surface area contributed by atoms with Crippen molar-refractivity contribution in [1.29, 1.82) is 0 Å². The molecule has 1 unspecified atom stereocenters. The Labute approximate surface area is 93.8 Å². The molecule has 0 aromatic heterocycles. The second-order valence-electron chi connectivity index (χ2n) is 3.29. The fraction of sp³-hybridized carbons (Fsp3) is 0.500. The van der Waals surface area contributed by atoms with Crippen molar-refractivity contribution in [3.8, 4) is 0 Å². The van der Waals surface area contributed by atoms with Crippen molar-refractivity contribution >= 4 is 17.8 Å². The van der Waals surface area contributed by atoms with E-state index < -0.39 is 18.0 Å². The molecule has 0 spiro atoms. The number of aliphatic imine (C=N–C) groups is 1. The van der Waals surface area contributed by atoms with E-state index in [1.165, 1.54) is 4.90 Å². The van der Waals surface area contributed by atoms with Gasteiger partial charge in [-0.1, -0.05) is 6.08 Å². The minimum Gasteiger partial charge on any atom is -0.466 e. The predicted molar refractivity (Wildman–Crippen MR) is 59.0 cm³/mol. The zero-order chi connectivity index (χ0) is 12.1. The molecular formula is C10H15N3O3. The van der Waals surface area contributed by atoms with Gasteiger partial charge in [-0.15, -0.1) is 6.58 Å². The van der Waals surface area contributed by atoms with Crippen molar-refractivity contribution < 1.29 is 14.3 Å². The third-order valence-corrected chi connectivity index (χ3v) is 2.18. The van der Waals surface area contributed by atoms with Gasteiger partial charge in [-0.3, -0.25) is 4.79 Å². The van der Waals surface area contributed by atoms with E-state index in [2.05, 4.69) is 11.6 Å². The lowest BCUT2D eigenvalue weighted by molar-refractivity contribution is -0.143. The number of amidine groups is 1. The molecule has 2 amide bonds. The normalized spacial score (nSPS) is 19.6. The quantitative estimate of drug-likeness (QED) is 0.538. The third kappa shape index (κ3) is 2.59. The van der Waals surface area contributed by atoms with Crippen LogP contribution in [0.25, 0.3) is 0 Å². The Bertz CT molecular complexity index is 338. The first-order chi connectivity index (χ1) is 7.60. The van der Waals surface area contributed by atoms with Crippen LogP contribution in [-0.4, -0.2) is 41.9 Å². The number of carbonyl (C=O) groups is 2. The summed E-state index contributed by atoms with van der Waals surface area (Å²) >= 11 is 0. The molecule has 1 rings (SSSR count). The average Bonchev–Trinajstić information content (AvgIpc) is 2.46. The number of urea groups is 1. The molecule has 0 saturated heterocycles. The molecule has 88 valence electrons. The Morgan fingerprint density at radius 2 is 2.44 bits per heavy atom. The Morgan fingerprint density at radius 1 is 1.75 bits per heavy atom. The van der Waals surface area contributed by atoms with Gasteiger partial charge in [0.15, 0.2) is 0 Å². The van der Waals surface area contributed by atoms with Crippen LogP contribution in [0.4, 0.5) is 4.79 Å². The number of carbonyl (C=O) groups excluding carboxylic acids is 2. The van der Waals surface area contributed by atoms with Crippen LogP contribution in [0.5, 0.6) is 0 Å². The molecule has 0 saturated carbocycles. The summed E-state index contributed by atoms with van der Waals surface area (Å²) in [6.07, 6.45) is 1.59. The van der Waals surface area contributed by atoms with Gasteiger partial charge in [-0.25, -0.2) is 4.79 Å². The highest BCUT2D eigenvalue weighted by Crippen LogP contribution is 2.14. The Kier molecular flexibility index (Phi) is 4.04. The number of nitrogens with zero attached hydrogens (tertiary/aromatic N) is 2. The van der Waals surface area contributed by atoms with Crippen molar-refractivity contribution in [2.45, 2.75) is 19.4 Å². The molecule has 0 radical (unpaired) electrons. The minimum atomic E-state index is -0.510. The van der Waals surface area contributed by atoms with Gasteiger partial charge < -0.3 is 15.4 Å². The highest BCUT2D eigenvalue weighted by molar-refractivity contribution is 6.04. The summed E-state index contributed by atoms with van der Waals surface area (Å²) in [5.41, 5.74) is 5.58. The molecule has 16 heavy (non-hydrogen) atoms. The first-order valence-corrected chi connectivity index (χ1v) is 5.01. The zero-order valence-corrected chi connectivity index (χ0v) is 9.18. The first-order valence-electron chi connectivity index (χ1n) is 5.01. The molecule has 1 aliphatic rings. The summed E-state index contributed by atoms with van der Waals surface area (Å²) < 4.78 is 4.80. The van der Waals surface area contributed by atoms with Crippen molar-refractivity contribution in [1.82, 2.24) is 4.90 Å². The minimum absolute atomic E-state index is 0.0305. The topological polar surface area (TPSA) is 85.0 Å². The molecule has 0 aliphatic carbocycles. The van der Waals surface area contributed by atoms with Crippen molar-refractivity contribution in [2.24, 2.45) is 10.7 Å². The number of nitrogens with two attached hydrogens (primary N) is 1. The predicted octanol–water partition coefficient (Wildman–Crippen LogP) is 0.287. The summed E-state index contributed by atoms with van der Waals surface area (Å²) in [6, 6.07) is -0.948. The Balaban J connectivity index is 2.68. The van der Waals surface area contributed by atoms with Gasteiger partial charge in [0.2, 0.25) is 0 Å². The summed E-state index contributed by atoms with van der Waals surface area (Å²) in [7, 11) is 0. The molecule has 6 heteroatoms. The van der Waals surface area contributed by atoms with Gasteiger partial charge in [0, 0.05) is 6.54 Å². The van der Waals surface area contributed by atoms with E-state index in [0.29, 0.717) is 13.2 Å². The second kappa shape index (κ2) is 5.29. The van der Waals surface area contributed by atoms with Crippen LogP contribution in [0.15, 0.2) is 17.6 Å². The van der Waals surface area contributed by atoms with E-state index in [9.17, 15) is 9.59 Å².